The van der Waals surface area contributed by atoms with Gasteiger partial charge in [-0.05, 0) is 38.5 Å². The highest BCUT2D eigenvalue weighted by atomic mass is 32.1. The Morgan fingerprint density at radius 3 is 2.63 bits per heavy atom. The molecule has 35 heavy (non-hydrogen) atoms. The van der Waals surface area contributed by atoms with Crippen molar-refractivity contribution in [2.75, 3.05) is 31.5 Å². The molecule has 0 saturated carbocycles. The maximum atomic E-state index is 12.2. The third kappa shape index (κ3) is 5.11. The molecule has 4 aromatic rings. The average molecular weight is 498 g/mol. The molecule has 0 aliphatic rings. The van der Waals surface area contributed by atoms with Gasteiger partial charge in [-0.15, -0.1) is 0 Å². The highest BCUT2D eigenvalue weighted by Gasteiger charge is 2.19. The van der Waals surface area contributed by atoms with Crippen molar-refractivity contribution in [3.05, 3.63) is 40.7 Å². The maximum Gasteiger partial charge on any atom is 0.350 e. The number of ether oxygens (including phenoxy) is 3. The zero-order chi connectivity index (χ0) is 24.9. The van der Waals surface area contributed by atoms with Crippen molar-refractivity contribution in [1.82, 2.24) is 24.5 Å². The van der Waals surface area contributed by atoms with Crippen LogP contribution in [0, 0.1) is 6.92 Å². The molecule has 0 fully saturated rings. The number of methoxy groups -OCH3 is 2. The van der Waals surface area contributed by atoms with Crippen molar-refractivity contribution in [3.63, 3.8) is 0 Å². The van der Waals surface area contributed by atoms with Crippen LogP contribution in [0.3, 0.4) is 0 Å². The van der Waals surface area contributed by atoms with E-state index in [-0.39, 0.29) is 0 Å². The number of benzene rings is 1. The van der Waals surface area contributed by atoms with Crippen LogP contribution in [0.25, 0.3) is 11.2 Å². The summed E-state index contributed by atoms with van der Waals surface area (Å²) < 4.78 is 17.8. The summed E-state index contributed by atoms with van der Waals surface area (Å²) in [6.45, 7) is 7.06. The molecule has 1 aromatic carbocycles. The normalized spacial score (nSPS) is 10.9. The fraction of sp³-hybridized carbons (Fsp3) is 0.348. The van der Waals surface area contributed by atoms with E-state index in [4.69, 9.17) is 14.2 Å². The molecule has 3 aromatic heterocycles. The number of esters is 1. The third-order valence-corrected chi connectivity index (χ3v) is 6.25. The second kappa shape index (κ2) is 10.6. The van der Waals surface area contributed by atoms with Crippen LogP contribution < -0.4 is 20.1 Å². The van der Waals surface area contributed by atoms with Gasteiger partial charge in [0.25, 0.3) is 0 Å². The van der Waals surface area contributed by atoms with Gasteiger partial charge in [-0.2, -0.15) is 9.97 Å². The van der Waals surface area contributed by atoms with Crippen molar-refractivity contribution in [3.8, 4) is 11.5 Å². The maximum absolute atomic E-state index is 12.2. The lowest BCUT2D eigenvalue weighted by atomic mass is 10.2. The quantitative estimate of drug-likeness (QED) is 0.308. The molecule has 0 bridgehead atoms. The molecule has 3 heterocycles. The number of hydrogen-bond acceptors (Lipinski definition) is 11. The number of nitrogens with one attached hydrogen (secondary N) is 2. The van der Waals surface area contributed by atoms with Gasteiger partial charge >= 0.3 is 5.97 Å². The number of nitrogens with zero attached hydrogens (tertiary/aromatic N) is 5. The van der Waals surface area contributed by atoms with Gasteiger partial charge in [0.1, 0.15) is 10.4 Å². The monoisotopic (exact) mass is 497 g/mol. The second-order valence-corrected chi connectivity index (χ2v) is 8.42. The summed E-state index contributed by atoms with van der Waals surface area (Å²) >= 11 is 1.19. The second-order valence-electron chi connectivity index (χ2n) is 7.42. The summed E-state index contributed by atoms with van der Waals surface area (Å²) in [6.07, 6.45) is 1.73. The topological polar surface area (TPSA) is 125 Å². The fourth-order valence-corrected chi connectivity index (χ4v) is 4.36. The van der Waals surface area contributed by atoms with Gasteiger partial charge in [-0.25, -0.2) is 14.8 Å². The molecule has 0 radical (unpaired) electrons. The standard InChI is InChI=1S/C23H27N7O4S/c1-6-30-12-25-20-17(30)19(24-11-14-8-9-15(32-4)16(10-14)33-5)27-22(28-20)29-23-26-13(3)18(35-23)21(31)34-7-2/h8-10,12H,6-7,11H2,1-5H3,(H2,24,26,27,28,29). The number of rotatable bonds is 10. The predicted molar refractivity (Wildman–Crippen MR) is 134 cm³/mol. The highest BCUT2D eigenvalue weighted by Crippen LogP contribution is 2.30. The number of hydrogen-bond donors (Lipinski definition) is 2. The van der Waals surface area contributed by atoms with Crippen molar-refractivity contribution in [1.29, 1.82) is 0 Å². The molecular weight excluding hydrogens is 470 g/mol. The summed E-state index contributed by atoms with van der Waals surface area (Å²) in [5, 5.41) is 6.99. The smallest absolute Gasteiger partial charge is 0.350 e. The molecular formula is C23H27N7O4S. The van der Waals surface area contributed by atoms with Crippen molar-refractivity contribution < 1.29 is 19.0 Å². The average Bonchev–Trinajstić information content (AvgIpc) is 3.45. The summed E-state index contributed by atoms with van der Waals surface area (Å²) in [6, 6.07) is 5.73. The van der Waals surface area contributed by atoms with E-state index in [0.29, 0.717) is 64.3 Å². The van der Waals surface area contributed by atoms with Crippen LogP contribution in [0.2, 0.25) is 0 Å². The Kier molecular flexibility index (Phi) is 7.30. The van der Waals surface area contributed by atoms with Gasteiger partial charge < -0.3 is 24.1 Å². The first-order chi connectivity index (χ1) is 17.0. The molecule has 4 rings (SSSR count). The van der Waals surface area contributed by atoms with Crippen molar-refractivity contribution >= 4 is 45.4 Å². The number of imidazole rings is 1. The van der Waals surface area contributed by atoms with Crippen LogP contribution in [0.1, 0.15) is 34.8 Å². The van der Waals surface area contributed by atoms with E-state index >= 15 is 0 Å². The van der Waals surface area contributed by atoms with Crippen LogP contribution in [-0.2, 0) is 17.8 Å². The molecule has 2 N–H and O–H groups in total. The van der Waals surface area contributed by atoms with E-state index < -0.39 is 5.97 Å². The zero-order valence-corrected chi connectivity index (χ0v) is 21.0. The van der Waals surface area contributed by atoms with Gasteiger partial charge in [0.2, 0.25) is 5.95 Å². The van der Waals surface area contributed by atoms with Crippen LogP contribution in [0.4, 0.5) is 16.9 Å². The van der Waals surface area contributed by atoms with E-state index in [1.165, 1.54) is 11.3 Å². The Bertz CT molecular complexity index is 1350. The first-order valence-corrected chi connectivity index (χ1v) is 11.9. The molecule has 0 aliphatic carbocycles. The van der Waals surface area contributed by atoms with E-state index in [1.54, 1.807) is 34.4 Å². The van der Waals surface area contributed by atoms with E-state index in [1.807, 2.05) is 29.7 Å². The Hall–Kier alpha value is -3.93. The van der Waals surface area contributed by atoms with Gasteiger partial charge in [-0.1, -0.05) is 17.4 Å². The Balaban J connectivity index is 1.63. The zero-order valence-electron chi connectivity index (χ0n) is 20.2. The molecule has 184 valence electrons. The third-order valence-electron chi connectivity index (χ3n) is 5.20. The fourth-order valence-electron chi connectivity index (χ4n) is 3.51. The molecule has 0 spiro atoms. The summed E-state index contributed by atoms with van der Waals surface area (Å²) in [5.74, 6) is 1.85. The number of anilines is 3. The molecule has 0 saturated heterocycles. The van der Waals surface area contributed by atoms with Crippen molar-refractivity contribution in [2.45, 2.75) is 33.9 Å². The van der Waals surface area contributed by atoms with E-state index in [0.717, 1.165) is 11.1 Å². The van der Waals surface area contributed by atoms with Crippen LogP contribution >= 0.6 is 11.3 Å². The molecule has 0 amide bonds. The summed E-state index contributed by atoms with van der Waals surface area (Å²) in [7, 11) is 3.21. The number of thiazole rings is 1. The molecule has 11 nitrogen and oxygen atoms in total. The van der Waals surface area contributed by atoms with Crippen molar-refractivity contribution in [2.24, 2.45) is 0 Å². The summed E-state index contributed by atoms with van der Waals surface area (Å²) in [5.41, 5.74) is 2.90. The highest BCUT2D eigenvalue weighted by molar-refractivity contribution is 7.17. The van der Waals surface area contributed by atoms with Gasteiger partial charge in [-0.3, -0.25) is 5.32 Å². The first-order valence-electron chi connectivity index (χ1n) is 11.1. The molecule has 0 unspecified atom stereocenters. The lowest BCUT2D eigenvalue weighted by molar-refractivity contribution is 0.0531. The first kappa shape index (κ1) is 24.2. The molecule has 12 heteroatoms. The number of fused-ring (bicyclic) bond motifs is 1. The predicted octanol–water partition coefficient (Wildman–Crippen LogP) is 4.16. The SMILES string of the molecule is CCOC(=O)c1sc(Nc2nc(NCc3ccc(OC)c(OC)c3)c3c(ncn3CC)n2)nc1C. The minimum Gasteiger partial charge on any atom is -0.493 e. The number of aromatic nitrogens is 5. The lowest BCUT2D eigenvalue weighted by Crippen LogP contribution is -2.08. The summed E-state index contributed by atoms with van der Waals surface area (Å²) in [4.78, 5) is 30.7. The Morgan fingerprint density at radius 1 is 1.11 bits per heavy atom. The lowest BCUT2D eigenvalue weighted by Gasteiger charge is -2.12. The minimum atomic E-state index is -0.397. The largest absolute Gasteiger partial charge is 0.493 e. The van der Waals surface area contributed by atoms with Crippen LogP contribution in [0.5, 0.6) is 11.5 Å². The Morgan fingerprint density at radius 2 is 1.91 bits per heavy atom. The number of aryl methyl sites for hydroxylation is 2. The molecule has 0 aliphatic heterocycles. The van der Waals surface area contributed by atoms with Gasteiger partial charge in [0.05, 0.1) is 32.8 Å². The van der Waals surface area contributed by atoms with Crippen LogP contribution in [-0.4, -0.2) is 51.3 Å². The van der Waals surface area contributed by atoms with Gasteiger partial charge in [0.15, 0.2) is 28.1 Å². The number of carbonyl (C=O) groups excluding carboxylic acids is 1. The van der Waals surface area contributed by atoms with E-state index in [9.17, 15) is 4.79 Å². The number of carbonyl (C=O) groups is 1. The van der Waals surface area contributed by atoms with Crippen LogP contribution in [0.15, 0.2) is 24.5 Å². The molecule has 0 atom stereocenters. The van der Waals surface area contributed by atoms with E-state index in [2.05, 4.69) is 30.6 Å². The Labute approximate surface area is 206 Å². The van der Waals surface area contributed by atoms with Gasteiger partial charge in [0, 0.05) is 13.1 Å². The minimum absolute atomic E-state index is 0.300.